The van der Waals surface area contributed by atoms with Crippen LogP contribution in [0.2, 0.25) is 5.02 Å². The van der Waals surface area contributed by atoms with Crippen LogP contribution in [0.5, 0.6) is 0 Å². The lowest BCUT2D eigenvalue weighted by Crippen LogP contribution is -2.41. The minimum Gasteiger partial charge on any atom is -0.392 e. The molecule has 0 amide bonds. The Kier molecular flexibility index (Phi) is 5.10. The predicted molar refractivity (Wildman–Crippen MR) is 78.2 cm³/mol. The molecule has 0 heterocycles. The zero-order valence-electron chi connectivity index (χ0n) is 10.1. The Morgan fingerprint density at radius 3 is 2.56 bits per heavy atom. The van der Waals surface area contributed by atoms with Gasteiger partial charge in [0.1, 0.15) is 5.25 Å². The number of rotatable bonds is 5. The van der Waals surface area contributed by atoms with E-state index in [-0.39, 0.29) is 4.99 Å². The van der Waals surface area contributed by atoms with E-state index in [2.05, 4.69) is 4.72 Å². The molecule has 0 saturated heterocycles. The van der Waals surface area contributed by atoms with Crippen molar-refractivity contribution in [3.05, 3.63) is 34.9 Å². The summed E-state index contributed by atoms with van der Waals surface area (Å²) < 4.78 is 26.4. The smallest absolute Gasteiger partial charge is 0.221 e. The fraction of sp³-hybridized carbons (Fsp3) is 0.364. The van der Waals surface area contributed by atoms with Crippen LogP contribution >= 0.6 is 23.8 Å². The van der Waals surface area contributed by atoms with E-state index in [0.717, 1.165) is 5.56 Å². The molecule has 0 aliphatic carbocycles. The number of nitrogens with one attached hydrogen (secondary N) is 1. The zero-order chi connectivity index (χ0) is 13.9. The molecule has 4 nitrogen and oxygen atoms in total. The normalized spacial score (nSPS) is 15.1. The SMILES string of the molecule is CC(NS(=O)(=O)C(C)C(N)=S)c1cccc(Cl)c1. The Labute approximate surface area is 118 Å². The molecule has 0 spiro atoms. The molecule has 1 rings (SSSR count). The second-order valence-electron chi connectivity index (χ2n) is 3.98. The van der Waals surface area contributed by atoms with E-state index in [1.54, 1.807) is 31.2 Å². The second kappa shape index (κ2) is 5.97. The molecule has 7 heteroatoms. The molecule has 3 N–H and O–H groups in total. The minimum absolute atomic E-state index is 0.0548. The monoisotopic (exact) mass is 306 g/mol. The molecular weight excluding hydrogens is 292 g/mol. The molecule has 0 aromatic heterocycles. The first-order chi connectivity index (χ1) is 8.24. The molecule has 0 aliphatic rings. The maximum absolute atomic E-state index is 11.9. The van der Waals surface area contributed by atoms with E-state index >= 15 is 0 Å². The first kappa shape index (κ1) is 15.4. The fourth-order valence-electron chi connectivity index (χ4n) is 1.35. The Balaban J connectivity index is 2.88. The molecule has 0 fully saturated rings. The average molecular weight is 307 g/mol. The van der Waals surface area contributed by atoms with Crippen molar-refractivity contribution >= 4 is 38.8 Å². The highest BCUT2D eigenvalue weighted by Gasteiger charge is 2.25. The zero-order valence-corrected chi connectivity index (χ0v) is 12.4. The Morgan fingerprint density at radius 2 is 2.06 bits per heavy atom. The van der Waals surface area contributed by atoms with Gasteiger partial charge in [-0.2, -0.15) is 0 Å². The molecule has 0 saturated carbocycles. The average Bonchev–Trinajstić information content (AvgIpc) is 2.27. The van der Waals surface area contributed by atoms with Crippen molar-refractivity contribution in [2.75, 3.05) is 0 Å². The maximum atomic E-state index is 11.9. The summed E-state index contributed by atoms with van der Waals surface area (Å²) in [5, 5.41) is -0.352. The molecule has 100 valence electrons. The van der Waals surface area contributed by atoms with E-state index in [1.165, 1.54) is 6.92 Å². The van der Waals surface area contributed by atoms with Gasteiger partial charge in [0.25, 0.3) is 0 Å². The van der Waals surface area contributed by atoms with Gasteiger partial charge in [0, 0.05) is 11.1 Å². The molecule has 18 heavy (non-hydrogen) atoms. The summed E-state index contributed by atoms with van der Waals surface area (Å²) >= 11 is 10.5. The fourth-order valence-corrected chi connectivity index (χ4v) is 3.06. The van der Waals surface area contributed by atoms with Gasteiger partial charge in [0.05, 0.1) is 4.99 Å². The van der Waals surface area contributed by atoms with Crippen LogP contribution in [-0.4, -0.2) is 18.7 Å². The topological polar surface area (TPSA) is 72.2 Å². The second-order valence-corrected chi connectivity index (χ2v) is 6.92. The first-order valence-corrected chi connectivity index (χ1v) is 7.63. The van der Waals surface area contributed by atoms with Gasteiger partial charge >= 0.3 is 0 Å². The lowest BCUT2D eigenvalue weighted by atomic mass is 10.1. The van der Waals surface area contributed by atoms with Crippen LogP contribution in [0.3, 0.4) is 0 Å². The van der Waals surface area contributed by atoms with Crippen molar-refractivity contribution in [2.24, 2.45) is 5.73 Å². The van der Waals surface area contributed by atoms with Crippen molar-refractivity contribution in [3.8, 4) is 0 Å². The summed E-state index contributed by atoms with van der Waals surface area (Å²) in [4.78, 5) is -0.0548. The highest BCUT2D eigenvalue weighted by Crippen LogP contribution is 2.18. The van der Waals surface area contributed by atoms with E-state index in [9.17, 15) is 8.42 Å². The number of thiocarbonyl (C=S) groups is 1. The summed E-state index contributed by atoms with van der Waals surface area (Å²) in [6, 6.07) is 6.60. The summed E-state index contributed by atoms with van der Waals surface area (Å²) in [6.45, 7) is 3.19. The van der Waals surface area contributed by atoms with E-state index in [4.69, 9.17) is 29.6 Å². The molecule has 1 aromatic rings. The van der Waals surface area contributed by atoms with E-state index in [1.807, 2.05) is 0 Å². The van der Waals surface area contributed by atoms with Gasteiger partial charge in [-0.15, -0.1) is 0 Å². The van der Waals surface area contributed by atoms with Gasteiger partial charge in [-0.25, -0.2) is 13.1 Å². The highest BCUT2D eigenvalue weighted by molar-refractivity contribution is 7.93. The van der Waals surface area contributed by atoms with Crippen molar-refractivity contribution in [2.45, 2.75) is 25.1 Å². The standard InChI is InChI=1S/C11H15ClN2O2S2/c1-7(9-4-3-5-10(12)6-9)14-18(15,16)8(2)11(13)17/h3-8,14H,1-2H3,(H2,13,17). The van der Waals surface area contributed by atoms with E-state index in [0.29, 0.717) is 5.02 Å². The van der Waals surface area contributed by atoms with Gasteiger partial charge in [0.15, 0.2) is 0 Å². The molecule has 2 atom stereocenters. The van der Waals surface area contributed by atoms with Crippen molar-refractivity contribution in [1.82, 2.24) is 4.72 Å². The summed E-state index contributed by atoms with van der Waals surface area (Å²) in [5.41, 5.74) is 6.13. The maximum Gasteiger partial charge on any atom is 0.221 e. The number of hydrogen-bond acceptors (Lipinski definition) is 3. The van der Waals surface area contributed by atoms with Gasteiger partial charge in [-0.1, -0.05) is 36.0 Å². The predicted octanol–water partition coefficient (Wildman–Crippen LogP) is 1.99. The lowest BCUT2D eigenvalue weighted by molar-refractivity contribution is 0.564. The third-order valence-corrected chi connectivity index (χ3v) is 5.16. The Morgan fingerprint density at radius 1 is 1.44 bits per heavy atom. The van der Waals surface area contributed by atoms with Crippen LogP contribution in [0.25, 0.3) is 0 Å². The molecule has 2 unspecified atom stereocenters. The van der Waals surface area contributed by atoms with Crippen LogP contribution in [0.15, 0.2) is 24.3 Å². The summed E-state index contributed by atoms with van der Waals surface area (Å²) in [6.07, 6.45) is 0. The molecule has 0 aliphatic heterocycles. The summed E-state index contributed by atoms with van der Waals surface area (Å²) in [5.74, 6) is 0. The quantitative estimate of drug-likeness (QED) is 0.816. The lowest BCUT2D eigenvalue weighted by Gasteiger charge is -2.18. The van der Waals surface area contributed by atoms with Crippen LogP contribution in [-0.2, 0) is 10.0 Å². The number of sulfonamides is 1. The molecular formula is C11H15ClN2O2S2. The number of benzene rings is 1. The van der Waals surface area contributed by atoms with Crippen molar-refractivity contribution in [1.29, 1.82) is 0 Å². The Bertz CT molecular complexity index is 546. The Hall–Kier alpha value is -0.690. The van der Waals surface area contributed by atoms with Gasteiger partial charge in [0.2, 0.25) is 10.0 Å². The summed E-state index contributed by atoms with van der Waals surface area (Å²) in [7, 11) is -3.58. The number of hydrogen-bond donors (Lipinski definition) is 2. The van der Waals surface area contributed by atoms with Crippen molar-refractivity contribution < 1.29 is 8.42 Å². The number of halogens is 1. The molecule has 1 aromatic carbocycles. The van der Waals surface area contributed by atoms with Crippen LogP contribution in [0.4, 0.5) is 0 Å². The minimum atomic E-state index is -3.58. The largest absolute Gasteiger partial charge is 0.392 e. The highest BCUT2D eigenvalue weighted by atomic mass is 35.5. The third-order valence-electron chi connectivity index (χ3n) is 2.56. The first-order valence-electron chi connectivity index (χ1n) is 5.30. The van der Waals surface area contributed by atoms with Crippen LogP contribution < -0.4 is 10.5 Å². The van der Waals surface area contributed by atoms with Crippen molar-refractivity contribution in [3.63, 3.8) is 0 Å². The molecule has 0 bridgehead atoms. The third kappa shape index (κ3) is 3.91. The van der Waals surface area contributed by atoms with Gasteiger partial charge < -0.3 is 5.73 Å². The number of nitrogens with two attached hydrogens (primary N) is 1. The van der Waals surface area contributed by atoms with Crippen LogP contribution in [0, 0.1) is 0 Å². The van der Waals surface area contributed by atoms with Crippen LogP contribution in [0.1, 0.15) is 25.5 Å². The van der Waals surface area contributed by atoms with E-state index < -0.39 is 21.3 Å². The molecule has 0 radical (unpaired) electrons. The van der Waals surface area contributed by atoms with Gasteiger partial charge in [-0.05, 0) is 31.5 Å². The van der Waals surface area contributed by atoms with Gasteiger partial charge in [-0.3, -0.25) is 0 Å².